The molecule has 3 rings (SSSR count). The maximum absolute atomic E-state index is 13.3. The number of phenols is 2. The predicted molar refractivity (Wildman–Crippen MR) is 116 cm³/mol. The monoisotopic (exact) mass is 415 g/mol. The van der Waals surface area contributed by atoms with E-state index in [4.69, 9.17) is 5.26 Å². The first-order valence-corrected chi connectivity index (χ1v) is 9.44. The Morgan fingerprint density at radius 3 is 2.10 bits per heavy atom. The summed E-state index contributed by atoms with van der Waals surface area (Å²) in [5.41, 5.74) is 2.31. The molecule has 0 fully saturated rings. The minimum absolute atomic E-state index is 0.0277. The summed E-state index contributed by atoms with van der Waals surface area (Å²) in [6.07, 6.45) is 0. The molecule has 3 aromatic carbocycles. The molecule has 0 spiro atoms. The molecule has 31 heavy (non-hydrogen) atoms. The summed E-state index contributed by atoms with van der Waals surface area (Å²) in [6.45, 7) is 0.172. The Labute approximate surface area is 180 Å². The van der Waals surface area contributed by atoms with E-state index in [0.717, 1.165) is 11.6 Å². The summed E-state index contributed by atoms with van der Waals surface area (Å²) >= 11 is 0. The third-order valence-electron chi connectivity index (χ3n) is 4.71. The number of hydrogen-bond acceptors (Lipinski definition) is 5. The molecule has 0 aromatic heterocycles. The van der Waals surface area contributed by atoms with Gasteiger partial charge in [0.05, 0.1) is 23.7 Å². The molecular weight excluding hydrogens is 394 g/mol. The van der Waals surface area contributed by atoms with Crippen molar-refractivity contribution in [2.75, 3.05) is 19.0 Å². The van der Waals surface area contributed by atoms with E-state index in [1.165, 1.54) is 21.9 Å². The van der Waals surface area contributed by atoms with Gasteiger partial charge in [0.2, 0.25) is 0 Å². The van der Waals surface area contributed by atoms with Crippen molar-refractivity contribution in [3.63, 3.8) is 0 Å². The maximum atomic E-state index is 13.3. The van der Waals surface area contributed by atoms with Crippen LogP contribution in [0.25, 0.3) is 0 Å². The van der Waals surface area contributed by atoms with Crippen LogP contribution < -0.4 is 4.90 Å². The second-order valence-electron chi connectivity index (χ2n) is 7.15. The van der Waals surface area contributed by atoms with Gasteiger partial charge in [-0.3, -0.25) is 9.59 Å². The largest absolute Gasteiger partial charge is 0.508 e. The first kappa shape index (κ1) is 21.4. The van der Waals surface area contributed by atoms with E-state index in [1.54, 1.807) is 62.6 Å². The van der Waals surface area contributed by atoms with E-state index in [-0.39, 0.29) is 29.5 Å². The molecule has 0 aliphatic carbocycles. The summed E-state index contributed by atoms with van der Waals surface area (Å²) in [5, 5.41) is 28.7. The zero-order valence-corrected chi connectivity index (χ0v) is 17.1. The van der Waals surface area contributed by atoms with Crippen LogP contribution in [0.15, 0.2) is 66.7 Å². The van der Waals surface area contributed by atoms with Gasteiger partial charge >= 0.3 is 0 Å². The van der Waals surface area contributed by atoms with Crippen LogP contribution in [0.5, 0.6) is 11.5 Å². The number of nitrogens with zero attached hydrogens (tertiary/aromatic N) is 3. The first-order chi connectivity index (χ1) is 14.8. The van der Waals surface area contributed by atoms with Gasteiger partial charge in [-0.25, -0.2) is 0 Å². The molecular formula is C24H21N3O4. The summed E-state index contributed by atoms with van der Waals surface area (Å²) < 4.78 is 0. The number of anilines is 1. The van der Waals surface area contributed by atoms with Crippen molar-refractivity contribution in [3.05, 3.63) is 89.0 Å². The Morgan fingerprint density at radius 1 is 0.903 bits per heavy atom. The number of rotatable bonds is 5. The normalized spacial score (nSPS) is 10.2. The Kier molecular flexibility index (Phi) is 6.22. The van der Waals surface area contributed by atoms with Crippen LogP contribution in [0.2, 0.25) is 0 Å². The fourth-order valence-corrected chi connectivity index (χ4v) is 3.04. The van der Waals surface area contributed by atoms with E-state index in [9.17, 15) is 19.8 Å². The summed E-state index contributed by atoms with van der Waals surface area (Å²) in [5.74, 6) is -1.13. The van der Waals surface area contributed by atoms with E-state index in [2.05, 4.69) is 6.07 Å². The second kappa shape index (κ2) is 9.01. The molecule has 2 amide bonds. The van der Waals surface area contributed by atoms with Crippen molar-refractivity contribution in [3.8, 4) is 17.6 Å². The average Bonchev–Trinajstić information content (AvgIpc) is 2.77. The predicted octanol–water partition coefficient (Wildman–Crippen LogP) is 3.52. The Bertz CT molecular complexity index is 1150. The van der Waals surface area contributed by atoms with Crippen molar-refractivity contribution in [2.24, 2.45) is 0 Å². The lowest BCUT2D eigenvalue weighted by Gasteiger charge is -2.24. The number of nitriles is 1. The highest BCUT2D eigenvalue weighted by atomic mass is 16.3. The summed E-state index contributed by atoms with van der Waals surface area (Å²) in [7, 11) is 3.31. The standard InChI is InChI=1S/C24H21N3O4/c1-26(2)23(30)18-7-9-19(10-8-18)27(15-17-5-3-16(14-25)4-6-17)24(31)21-12-11-20(28)13-22(21)29/h3-13,28-29H,15H2,1-2H3. The van der Waals surface area contributed by atoms with Gasteiger partial charge < -0.3 is 20.0 Å². The highest BCUT2D eigenvalue weighted by molar-refractivity contribution is 6.08. The fourth-order valence-electron chi connectivity index (χ4n) is 3.04. The molecule has 0 radical (unpaired) electrons. The number of benzene rings is 3. The highest BCUT2D eigenvalue weighted by Crippen LogP contribution is 2.27. The lowest BCUT2D eigenvalue weighted by Crippen LogP contribution is -2.30. The van der Waals surface area contributed by atoms with Crippen LogP contribution >= 0.6 is 0 Å². The molecule has 0 atom stereocenters. The van der Waals surface area contributed by atoms with Crippen molar-refractivity contribution < 1.29 is 19.8 Å². The Morgan fingerprint density at radius 2 is 1.55 bits per heavy atom. The van der Waals surface area contributed by atoms with Crippen LogP contribution in [0.4, 0.5) is 5.69 Å². The molecule has 0 heterocycles. The fraction of sp³-hybridized carbons (Fsp3) is 0.125. The molecule has 2 N–H and O–H groups in total. The second-order valence-corrected chi connectivity index (χ2v) is 7.15. The minimum atomic E-state index is -0.478. The van der Waals surface area contributed by atoms with E-state index >= 15 is 0 Å². The van der Waals surface area contributed by atoms with Crippen molar-refractivity contribution >= 4 is 17.5 Å². The molecule has 0 saturated carbocycles. The van der Waals surface area contributed by atoms with E-state index < -0.39 is 5.91 Å². The van der Waals surface area contributed by atoms with Gasteiger partial charge in [-0.1, -0.05) is 12.1 Å². The molecule has 0 saturated heterocycles. The molecule has 0 bridgehead atoms. The molecule has 0 aliphatic heterocycles. The molecule has 7 heteroatoms. The third-order valence-corrected chi connectivity index (χ3v) is 4.71. The number of hydrogen-bond donors (Lipinski definition) is 2. The smallest absolute Gasteiger partial charge is 0.262 e. The zero-order chi connectivity index (χ0) is 22.5. The van der Waals surface area contributed by atoms with Crippen molar-refractivity contribution in [1.29, 1.82) is 5.26 Å². The lowest BCUT2D eigenvalue weighted by molar-refractivity contribution is 0.0827. The first-order valence-electron chi connectivity index (χ1n) is 9.44. The van der Waals surface area contributed by atoms with Crippen LogP contribution in [0.1, 0.15) is 31.8 Å². The minimum Gasteiger partial charge on any atom is -0.508 e. The van der Waals surface area contributed by atoms with E-state index in [1.807, 2.05) is 0 Å². The van der Waals surface area contributed by atoms with Gasteiger partial charge in [-0.15, -0.1) is 0 Å². The summed E-state index contributed by atoms with van der Waals surface area (Å²) in [6, 6.07) is 19.2. The zero-order valence-electron chi connectivity index (χ0n) is 17.1. The van der Waals surface area contributed by atoms with Gasteiger partial charge in [-0.05, 0) is 54.1 Å². The van der Waals surface area contributed by atoms with Crippen molar-refractivity contribution in [2.45, 2.75) is 6.54 Å². The van der Waals surface area contributed by atoms with Gasteiger partial charge in [0, 0.05) is 31.4 Å². The van der Waals surface area contributed by atoms with Crippen molar-refractivity contribution in [1.82, 2.24) is 4.90 Å². The van der Waals surface area contributed by atoms with Crippen LogP contribution in [0.3, 0.4) is 0 Å². The number of aromatic hydroxyl groups is 2. The van der Waals surface area contributed by atoms with Crippen LogP contribution in [-0.2, 0) is 6.54 Å². The van der Waals surface area contributed by atoms with Gasteiger partial charge in [-0.2, -0.15) is 5.26 Å². The quantitative estimate of drug-likeness (QED) is 0.663. The topological polar surface area (TPSA) is 105 Å². The molecule has 0 unspecified atom stereocenters. The average molecular weight is 415 g/mol. The molecule has 7 nitrogen and oxygen atoms in total. The number of phenolic OH excluding ortho intramolecular Hbond substituents is 2. The highest BCUT2D eigenvalue weighted by Gasteiger charge is 2.22. The molecule has 156 valence electrons. The van der Waals surface area contributed by atoms with E-state index in [0.29, 0.717) is 16.8 Å². The lowest BCUT2D eigenvalue weighted by atomic mass is 10.1. The number of carbonyl (C=O) groups is 2. The van der Waals surface area contributed by atoms with Crippen LogP contribution in [-0.4, -0.2) is 41.0 Å². The van der Waals surface area contributed by atoms with Crippen LogP contribution in [0, 0.1) is 11.3 Å². The summed E-state index contributed by atoms with van der Waals surface area (Å²) in [4.78, 5) is 28.4. The maximum Gasteiger partial charge on any atom is 0.262 e. The molecule has 3 aromatic rings. The van der Waals surface area contributed by atoms with Gasteiger partial charge in [0.15, 0.2) is 0 Å². The molecule has 0 aliphatic rings. The van der Waals surface area contributed by atoms with Gasteiger partial charge in [0.25, 0.3) is 11.8 Å². The third kappa shape index (κ3) is 4.82. The Hall–Kier alpha value is -4.31. The SMILES string of the molecule is CN(C)C(=O)c1ccc(N(Cc2ccc(C#N)cc2)C(=O)c2ccc(O)cc2O)cc1. The number of amides is 2. The number of carbonyl (C=O) groups excluding carboxylic acids is 2. The van der Waals surface area contributed by atoms with Gasteiger partial charge in [0.1, 0.15) is 11.5 Å². The Balaban J connectivity index is 1.99.